The molecule has 1 aromatic carbocycles. The smallest absolute Gasteiger partial charge is 0.324 e. The number of halogens is 1. The monoisotopic (exact) mass is 313 g/mol. The van der Waals surface area contributed by atoms with E-state index >= 15 is 0 Å². The number of hydrogen-bond donors (Lipinski definition) is 2. The molecule has 1 fully saturated rings. The van der Waals surface area contributed by atoms with Gasteiger partial charge in [0.25, 0.3) is 0 Å². The molecule has 1 aliphatic rings. The minimum atomic E-state index is -0.859. The van der Waals surface area contributed by atoms with Crippen LogP contribution in [0.1, 0.15) is 31.7 Å². The molecular formula is C15H20ClNO4. The van der Waals surface area contributed by atoms with E-state index in [-0.39, 0.29) is 5.75 Å². The SMILES string of the molecule is CCC1(C(=O)O)CCCN1Cc1cc(Cl)cc(OC)c1O. The molecule has 2 rings (SSSR count). The fraction of sp³-hybridized carbons (Fsp3) is 0.533. The zero-order valence-electron chi connectivity index (χ0n) is 12.2. The molecule has 0 aliphatic carbocycles. The van der Waals surface area contributed by atoms with Crippen LogP contribution in [-0.4, -0.2) is 40.3 Å². The van der Waals surface area contributed by atoms with Gasteiger partial charge in [-0.15, -0.1) is 0 Å². The summed E-state index contributed by atoms with van der Waals surface area (Å²) in [4.78, 5) is 13.6. The molecular weight excluding hydrogens is 294 g/mol. The van der Waals surface area contributed by atoms with Gasteiger partial charge in [0.05, 0.1) is 7.11 Å². The first-order valence-electron chi connectivity index (χ1n) is 6.98. The lowest BCUT2D eigenvalue weighted by atomic mass is 9.92. The van der Waals surface area contributed by atoms with E-state index in [9.17, 15) is 15.0 Å². The van der Waals surface area contributed by atoms with Gasteiger partial charge in [-0.1, -0.05) is 18.5 Å². The van der Waals surface area contributed by atoms with Crippen molar-refractivity contribution in [1.29, 1.82) is 0 Å². The Morgan fingerprint density at radius 1 is 1.52 bits per heavy atom. The number of aliphatic carboxylic acids is 1. The van der Waals surface area contributed by atoms with E-state index in [0.717, 1.165) is 6.42 Å². The fourth-order valence-electron chi connectivity index (χ4n) is 3.07. The van der Waals surface area contributed by atoms with Crippen molar-refractivity contribution < 1.29 is 19.7 Å². The van der Waals surface area contributed by atoms with Crippen molar-refractivity contribution in [2.24, 2.45) is 0 Å². The number of carboxylic acids is 1. The zero-order valence-corrected chi connectivity index (χ0v) is 13.0. The molecule has 1 aromatic rings. The second kappa shape index (κ2) is 6.12. The highest BCUT2D eigenvalue weighted by Crippen LogP contribution is 2.38. The van der Waals surface area contributed by atoms with E-state index in [1.807, 2.05) is 11.8 Å². The molecule has 116 valence electrons. The van der Waals surface area contributed by atoms with Crippen LogP contribution in [0.15, 0.2) is 12.1 Å². The number of aromatic hydroxyl groups is 1. The number of likely N-dealkylation sites (tertiary alicyclic amines) is 1. The summed E-state index contributed by atoms with van der Waals surface area (Å²) in [6, 6.07) is 3.19. The van der Waals surface area contributed by atoms with Crippen LogP contribution in [0.25, 0.3) is 0 Å². The molecule has 0 amide bonds. The molecule has 0 radical (unpaired) electrons. The number of phenolic OH excluding ortho intramolecular Hbond substituents is 1. The first-order chi connectivity index (χ1) is 9.94. The van der Waals surface area contributed by atoms with Crippen molar-refractivity contribution in [3.05, 3.63) is 22.7 Å². The van der Waals surface area contributed by atoms with E-state index in [1.54, 1.807) is 6.07 Å². The van der Waals surface area contributed by atoms with Crippen LogP contribution in [0.4, 0.5) is 0 Å². The lowest BCUT2D eigenvalue weighted by Crippen LogP contribution is -2.49. The molecule has 1 heterocycles. The maximum Gasteiger partial charge on any atom is 0.324 e. The minimum absolute atomic E-state index is 0.0178. The van der Waals surface area contributed by atoms with Crippen molar-refractivity contribution in [2.45, 2.75) is 38.3 Å². The third kappa shape index (κ3) is 2.80. The van der Waals surface area contributed by atoms with Crippen LogP contribution in [0, 0.1) is 0 Å². The van der Waals surface area contributed by atoms with Gasteiger partial charge < -0.3 is 14.9 Å². The van der Waals surface area contributed by atoms with Gasteiger partial charge in [0, 0.05) is 23.2 Å². The third-order valence-corrected chi connectivity index (χ3v) is 4.52. The first kappa shape index (κ1) is 15.9. The van der Waals surface area contributed by atoms with Crippen LogP contribution < -0.4 is 4.74 Å². The van der Waals surface area contributed by atoms with E-state index in [2.05, 4.69) is 0 Å². The van der Waals surface area contributed by atoms with E-state index < -0.39 is 11.5 Å². The fourth-order valence-corrected chi connectivity index (χ4v) is 3.30. The molecule has 1 aliphatic heterocycles. The van der Waals surface area contributed by atoms with Gasteiger partial charge in [0.2, 0.25) is 0 Å². The average Bonchev–Trinajstić information content (AvgIpc) is 2.86. The maximum atomic E-state index is 11.7. The second-order valence-corrected chi connectivity index (χ2v) is 5.77. The van der Waals surface area contributed by atoms with Crippen LogP contribution in [0.3, 0.4) is 0 Å². The normalized spacial score (nSPS) is 22.4. The molecule has 21 heavy (non-hydrogen) atoms. The van der Waals surface area contributed by atoms with Crippen molar-refractivity contribution in [2.75, 3.05) is 13.7 Å². The number of phenols is 1. The molecule has 0 aromatic heterocycles. The number of methoxy groups -OCH3 is 1. The Morgan fingerprint density at radius 3 is 2.81 bits per heavy atom. The van der Waals surface area contributed by atoms with Crippen LogP contribution >= 0.6 is 11.6 Å². The predicted molar refractivity (Wildman–Crippen MR) is 80.0 cm³/mol. The maximum absolute atomic E-state index is 11.7. The highest BCUT2D eigenvalue weighted by Gasteiger charge is 2.46. The Morgan fingerprint density at radius 2 is 2.24 bits per heavy atom. The number of rotatable bonds is 5. The Kier molecular flexibility index (Phi) is 4.64. The van der Waals surface area contributed by atoms with Crippen molar-refractivity contribution >= 4 is 17.6 Å². The van der Waals surface area contributed by atoms with Crippen molar-refractivity contribution in [1.82, 2.24) is 4.90 Å². The highest BCUT2D eigenvalue weighted by molar-refractivity contribution is 6.30. The second-order valence-electron chi connectivity index (χ2n) is 5.33. The van der Waals surface area contributed by atoms with Crippen LogP contribution in [-0.2, 0) is 11.3 Å². The van der Waals surface area contributed by atoms with Gasteiger partial charge in [-0.25, -0.2) is 0 Å². The molecule has 0 spiro atoms. The Bertz CT molecular complexity index is 549. The summed E-state index contributed by atoms with van der Waals surface area (Å²) in [5.74, 6) is -0.491. The highest BCUT2D eigenvalue weighted by atomic mass is 35.5. The third-order valence-electron chi connectivity index (χ3n) is 4.31. The number of carboxylic acid groups (broad SMARTS) is 1. The molecule has 2 N–H and O–H groups in total. The van der Waals surface area contributed by atoms with E-state index in [0.29, 0.717) is 42.3 Å². The number of hydrogen-bond acceptors (Lipinski definition) is 4. The summed E-state index contributed by atoms with van der Waals surface area (Å²) in [5, 5.41) is 20.2. The van der Waals surface area contributed by atoms with Crippen LogP contribution in [0.2, 0.25) is 5.02 Å². The number of ether oxygens (including phenoxy) is 1. The number of benzene rings is 1. The van der Waals surface area contributed by atoms with Gasteiger partial charge in [-0.2, -0.15) is 0 Å². The molecule has 1 unspecified atom stereocenters. The summed E-state index contributed by atoms with van der Waals surface area (Å²) < 4.78 is 5.09. The molecule has 1 saturated heterocycles. The first-order valence-corrected chi connectivity index (χ1v) is 7.36. The Labute approximate surface area is 129 Å². The summed E-state index contributed by atoms with van der Waals surface area (Å²) in [7, 11) is 1.46. The minimum Gasteiger partial charge on any atom is -0.504 e. The average molecular weight is 314 g/mol. The van der Waals surface area contributed by atoms with Gasteiger partial charge in [-0.05, 0) is 31.9 Å². The lowest BCUT2D eigenvalue weighted by Gasteiger charge is -2.34. The van der Waals surface area contributed by atoms with E-state index in [4.69, 9.17) is 16.3 Å². The van der Waals surface area contributed by atoms with Gasteiger partial charge >= 0.3 is 5.97 Å². The standard InChI is InChI=1S/C15H20ClNO4/c1-3-15(14(19)20)5-4-6-17(15)9-10-7-11(16)8-12(21-2)13(10)18/h7-8,18H,3-6,9H2,1-2H3,(H,19,20). The largest absolute Gasteiger partial charge is 0.504 e. The summed E-state index contributed by atoms with van der Waals surface area (Å²) in [6.45, 7) is 2.90. The lowest BCUT2D eigenvalue weighted by molar-refractivity contribution is -0.150. The van der Waals surface area contributed by atoms with Crippen molar-refractivity contribution in [3.8, 4) is 11.5 Å². The Hall–Kier alpha value is -1.46. The summed E-state index contributed by atoms with van der Waals surface area (Å²) in [6.07, 6.45) is 1.98. The van der Waals surface area contributed by atoms with E-state index in [1.165, 1.54) is 13.2 Å². The Balaban J connectivity index is 2.33. The van der Waals surface area contributed by atoms with Gasteiger partial charge in [-0.3, -0.25) is 9.69 Å². The number of carbonyl (C=O) groups is 1. The predicted octanol–water partition coefficient (Wildman–Crippen LogP) is 2.88. The molecule has 6 heteroatoms. The topological polar surface area (TPSA) is 70.0 Å². The number of nitrogens with zero attached hydrogens (tertiary/aromatic N) is 1. The molecule has 5 nitrogen and oxygen atoms in total. The summed E-state index contributed by atoms with van der Waals surface area (Å²) >= 11 is 6.03. The molecule has 0 bridgehead atoms. The summed E-state index contributed by atoms with van der Waals surface area (Å²) in [5.41, 5.74) is -0.275. The van der Waals surface area contributed by atoms with Crippen LogP contribution in [0.5, 0.6) is 11.5 Å². The molecule has 0 saturated carbocycles. The zero-order chi connectivity index (χ0) is 15.6. The van der Waals surface area contributed by atoms with Crippen molar-refractivity contribution in [3.63, 3.8) is 0 Å². The quantitative estimate of drug-likeness (QED) is 0.874. The van der Waals surface area contributed by atoms with Gasteiger partial charge in [0.15, 0.2) is 11.5 Å². The van der Waals surface area contributed by atoms with Gasteiger partial charge in [0.1, 0.15) is 5.54 Å². The molecule has 1 atom stereocenters.